The standard InChI is InChI=1S/C12H12N2O2/c1-14-5-4-9-6-8(2-3-11(9)14)10-7-16-12(15)13-10/h2-6,10H,7H2,1H3,(H,13,15). The maximum atomic E-state index is 11.0. The molecule has 1 aliphatic heterocycles. The largest absolute Gasteiger partial charge is 0.447 e. The predicted octanol–water partition coefficient (Wildman–Crippen LogP) is 1.96. The molecule has 0 spiro atoms. The Kier molecular flexibility index (Phi) is 1.89. The van der Waals surface area contributed by atoms with E-state index in [2.05, 4.69) is 28.1 Å². The Bertz CT molecular complexity index is 559. The van der Waals surface area contributed by atoms with Crippen molar-refractivity contribution in [3.63, 3.8) is 0 Å². The van der Waals surface area contributed by atoms with Gasteiger partial charge in [0, 0.05) is 18.8 Å². The zero-order chi connectivity index (χ0) is 11.1. The number of carbonyl (C=O) groups excluding carboxylic acids is 1. The van der Waals surface area contributed by atoms with Gasteiger partial charge in [0.05, 0.1) is 6.04 Å². The summed E-state index contributed by atoms with van der Waals surface area (Å²) in [5.41, 5.74) is 2.28. The van der Waals surface area contributed by atoms with Crippen LogP contribution in [0.1, 0.15) is 11.6 Å². The van der Waals surface area contributed by atoms with E-state index in [1.165, 1.54) is 10.9 Å². The van der Waals surface area contributed by atoms with Gasteiger partial charge in [-0.15, -0.1) is 0 Å². The first-order valence-corrected chi connectivity index (χ1v) is 5.22. The third-order valence-electron chi connectivity index (χ3n) is 2.98. The highest BCUT2D eigenvalue weighted by molar-refractivity contribution is 5.81. The Morgan fingerprint density at radius 3 is 3.06 bits per heavy atom. The fraction of sp³-hybridized carbons (Fsp3) is 0.250. The second-order valence-electron chi connectivity index (χ2n) is 4.04. The van der Waals surface area contributed by atoms with Crippen molar-refractivity contribution >= 4 is 17.0 Å². The van der Waals surface area contributed by atoms with Crippen molar-refractivity contribution in [2.75, 3.05) is 6.61 Å². The van der Waals surface area contributed by atoms with Crippen molar-refractivity contribution in [1.82, 2.24) is 9.88 Å². The number of nitrogens with zero attached hydrogens (tertiary/aromatic N) is 1. The Morgan fingerprint density at radius 1 is 1.44 bits per heavy atom. The van der Waals surface area contributed by atoms with Crippen LogP contribution in [0, 0.1) is 0 Å². The summed E-state index contributed by atoms with van der Waals surface area (Å²) >= 11 is 0. The van der Waals surface area contributed by atoms with Gasteiger partial charge in [-0.2, -0.15) is 0 Å². The van der Waals surface area contributed by atoms with Gasteiger partial charge in [0.2, 0.25) is 0 Å². The molecule has 1 atom stereocenters. The molecule has 82 valence electrons. The zero-order valence-corrected chi connectivity index (χ0v) is 8.93. The lowest BCUT2D eigenvalue weighted by atomic mass is 10.1. The first-order valence-electron chi connectivity index (χ1n) is 5.22. The van der Waals surface area contributed by atoms with E-state index < -0.39 is 0 Å². The summed E-state index contributed by atoms with van der Waals surface area (Å²) in [6.07, 6.45) is 1.69. The molecule has 1 N–H and O–H groups in total. The predicted molar refractivity (Wildman–Crippen MR) is 60.1 cm³/mol. The molecule has 1 amide bonds. The third kappa shape index (κ3) is 1.34. The number of carbonyl (C=O) groups is 1. The van der Waals surface area contributed by atoms with Crippen molar-refractivity contribution in [1.29, 1.82) is 0 Å². The molecule has 3 rings (SSSR count). The summed E-state index contributed by atoms with van der Waals surface area (Å²) < 4.78 is 6.95. The summed E-state index contributed by atoms with van der Waals surface area (Å²) in [6, 6.07) is 8.24. The smallest absolute Gasteiger partial charge is 0.407 e. The molecule has 1 fully saturated rings. The van der Waals surface area contributed by atoms with E-state index in [0.29, 0.717) is 6.61 Å². The molecule has 4 nitrogen and oxygen atoms in total. The molecule has 0 radical (unpaired) electrons. The number of rotatable bonds is 1. The minimum absolute atomic E-state index is 0.0166. The molecule has 4 heteroatoms. The van der Waals surface area contributed by atoms with Gasteiger partial charge in [0.15, 0.2) is 0 Å². The third-order valence-corrected chi connectivity index (χ3v) is 2.98. The molecule has 0 saturated carbocycles. The first-order chi connectivity index (χ1) is 7.74. The molecule has 16 heavy (non-hydrogen) atoms. The van der Waals surface area contributed by atoms with Gasteiger partial charge in [-0.3, -0.25) is 0 Å². The maximum absolute atomic E-state index is 11.0. The normalized spacial score (nSPS) is 19.8. The number of hydrogen-bond acceptors (Lipinski definition) is 2. The topological polar surface area (TPSA) is 43.3 Å². The van der Waals surface area contributed by atoms with Crippen LogP contribution in [0.5, 0.6) is 0 Å². The lowest BCUT2D eigenvalue weighted by molar-refractivity contribution is 0.177. The maximum Gasteiger partial charge on any atom is 0.407 e. The van der Waals surface area contributed by atoms with Crippen LogP contribution < -0.4 is 5.32 Å². The van der Waals surface area contributed by atoms with Crippen LogP contribution in [-0.4, -0.2) is 17.3 Å². The summed E-state index contributed by atoms with van der Waals surface area (Å²) in [7, 11) is 2.02. The molecule has 1 aliphatic rings. The number of fused-ring (bicyclic) bond motifs is 1. The zero-order valence-electron chi connectivity index (χ0n) is 8.93. The van der Waals surface area contributed by atoms with Crippen LogP contribution in [-0.2, 0) is 11.8 Å². The highest BCUT2D eigenvalue weighted by Crippen LogP contribution is 2.23. The number of amides is 1. The fourth-order valence-corrected chi connectivity index (χ4v) is 2.08. The Balaban J connectivity index is 2.02. The van der Waals surface area contributed by atoms with Crippen LogP contribution in [0.25, 0.3) is 10.9 Å². The van der Waals surface area contributed by atoms with Gasteiger partial charge in [-0.05, 0) is 29.1 Å². The SMILES string of the molecule is Cn1ccc2cc(C3COC(=O)N3)ccc21. The van der Waals surface area contributed by atoms with Crippen molar-refractivity contribution in [2.24, 2.45) is 7.05 Å². The van der Waals surface area contributed by atoms with Crippen LogP contribution in [0.2, 0.25) is 0 Å². The quantitative estimate of drug-likeness (QED) is 0.791. The Hall–Kier alpha value is -1.97. The minimum atomic E-state index is -0.335. The molecule has 2 heterocycles. The summed E-state index contributed by atoms with van der Waals surface area (Å²) in [5.74, 6) is 0. The molecule has 1 saturated heterocycles. The van der Waals surface area contributed by atoms with Crippen LogP contribution in [0.15, 0.2) is 30.5 Å². The summed E-state index contributed by atoms with van der Waals surface area (Å²) in [6.45, 7) is 0.414. The van der Waals surface area contributed by atoms with E-state index >= 15 is 0 Å². The second kappa shape index (κ2) is 3.27. The van der Waals surface area contributed by atoms with Crippen LogP contribution in [0.4, 0.5) is 4.79 Å². The van der Waals surface area contributed by atoms with Gasteiger partial charge in [0.1, 0.15) is 6.61 Å². The molecular weight excluding hydrogens is 204 g/mol. The number of ether oxygens (including phenoxy) is 1. The molecule has 2 aromatic rings. The lowest BCUT2D eigenvalue weighted by Gasteiger charge is -2.07. The van der Waals surface area contributed by atoms with Gasteiger partial charge in [0.25, 0.3) is 0 Å². The van der Waals surface area contributed by atoms with E-state index in [0.717, 1.165) is 5.56 Å². The molecule has 1 aromatic carbocycles. The molecule has 0 bridgehead atoms. The number of alkyl carbamates (subject to hydrolysis) is 1. The van der Waals surface area contributed by atoms with Gasteiger partial charge < -0.3 is 14.6 Å². The van der Waals surface area contributed by atoms with Crippen LogP contribution in [0.3, 0.4) is 0 Å². The lowest BCUT2D eigenvalue weighted by Crippen LogP contribution is -2.18. The monoisotopic (exact) mass is 216 g/mol. The van der Waals surface area contributed by atoms with Crippen molar-refractivity contribution in [3.05, 3.63) is 36.0 Å². The fourth-order valence-electron chi connectivity index (χ4n) is 2.08. The number of nitrogens with one attached hydrogen (secondary N) is 1. The van der Waals surface area contributed by atoms with Gasteiger partial charge >= 0.3 is 6.09 Å². The minimum Gasteiger partial charge on any atom is -0.447 e. The van der Waals surface area contributed by atoms with Crippen LogP contribution >= 0.6 is 0 Å². The number of benzene rings is 1. The van der Waals surface area contributed by atoms with E-state index in [1.807, 2.05) is 19.3 Å². The van der Waals surface area contributed by atoms with Gasteiger partial charge in [-0.1, -0.05) is 6.07 Å². The molecule has 1 unspecified atom stereocenters. The van der Waals surface area contributed by atoms with E-state index in [-0.39, 0.29) is 12.1 Å². The highest BCUT2D eigenvalue weighted by Gasteiger charge is 2.23. The summed E-state index contributed by atoms with van der Waals surface area (Å²) in [4.78, 5) is 11.0. The van der Waals surface area contributed by atoms with Crippen molar-refractivity contribution in [2.45, 2.75) is 6.04 Å². The molecule has 1 aromatic heterocycles. The molecule has 0 aliphatic carbocycles. The Morgan fingerprint density at radius 2 is 2.31 bits per heavy atom. The first kappa shape index (κ1) is 9.27. The number of aryl methyl sites for hydroxylation is 1. The number of aromatic nitrogens is 1. The van der Waals surface area contributed by atoms with E-state index in [1.54, 1.807) is 0 Å². The second-order valence-corrected chi connectivity index (χ2v) is 4.04. The van der Waals surface area contributed by atoms with Crippen molar-refractivity contribution < 1.29 is 9.53 Å². The van der Waals surface area contributed by atoms with E-state index in [9.17, 15) is 4.79 Å². The average Bonchev–Trinajstić information content (AvgIpc) is 2.86. The highest BCUT2D eigenvalue weighted by atomic mass is 16.6. The Labute approximate surface area is 92.8 Å². The summed E-state index contributed by atoms with van der Waals surface area (Å²) in [5, 5.41) is 3.96. The number of hydrogen-bond donors (Lipinski definition) is 1. The van der Waals surface area contributed by atoms with E-state index in [4.69, 9.17) is 4.74 Å². The van der Waals surface area contributed by atoms with Gasteiger partial charge in [-0.25, -0.2) is 4.79 Å². The average molecular weight is 216 g/mol. The number of cyclic esters (lactones) is 1. The van der Waals surface area contributed by atoms with Crippen molar-refractivity contribution in [3.8, 4) is 0 Å². The molecular formula is C12H12N2O2.